The molecule has 2 heterocycles. The van der Waals surface area contributed by atoms with E-state index < -0.39 is 5.25 Å². The number of hydrogen-bond donors (Lipinski definition) is 1. The smallest absolute Gasteiger partial charge is 0.237 e. The van der Waals surface area contributed by atoms with E-state index in [-0.39, 0.29) is 11.7 Å². The Hall–Kier alpha value is -2.19. The average molecular weight is 492 g/mol. The summed E-state index contributed by atoms with van der Waals surface area (Å²) in [4.78, 5) is 22.6. The van der Waals surface area contributed by atoms with Gasteiger partial charge in [0.25, 0.3) is 0 Å². The van der Waals surface area contributed by atoms with E-state index in [2.05, 4.69) is 15.3 Å². The number of carbonyl (C=O) groups excluding carboxylic acids is 1. The highest BCUT2D eigenvalue weighted by molar-refractivity contribution is 8.00. The van der Waals surface area contributed by atoms with Gasteiger partial charge >= 0.3 is 0 Å². The van der Waals surface area contributed by atoms with Gasteiger partial charge in [0.2, 0.25) is 5.91 Å². The van der Waals surface area contributed by atoms with Crippen molar-refractivity contribution in [2.24, 2.45) is 0 Å². The normalized spacial score (nSPS) is 12.1. The van der Waals surface area contributed by atoms with Gasteiger partial charge in [-0.15, -0.1) is 11.3 Å². The molecule has 0 aliphatic carbocycles. The number of benzene rings is 2. The lowest BCUT2D eigenvalue weighted by Gasteiger charge is -2.16. The molecule has 158 valence electrons. The van der Waals surface area contributed by atoms with Crippen molar-refractivity contribution in [3.63, 3.8) is 0 Å². The van der Waals surface area contributed by atoms with Crippen LogP contribution in [0.5, 0.6) is 0 Å². The van der Waals surface area contributed by atoms with Crippen LogP contribution in [-0.4, -0.2) is 21.1 Å². The number of carbonyl (C=O) groups is 1. The monoisotopic (exact) mass is 491 g/mol. The topological polar surface area (TPSA) is 54.9 Å². The molecule has 2 aromatic heterocycles. The first-order valence-corrected chi connectivity index (χ1v) is 11.9. The summed E-state index contributed by atoms with van der Waals surface area (Å²) in [5.41, 5.74) is 2.29. The second-order valence-corrected chi connectivity index (χ2v) is 9.54. The molecule has 0 saturated heterocycles. The predicted octanol–water partition coefficient (Wildman–Crippen LogP) is 7.31. The molecule has 31 heavy (non-hydrogen) atoms. The molecule has 0 fully saturated rings. The molecule has 4 rings (SSSR count). The molecule has 4 nitrogen and oxygen atoms in total. The summed E-state index contributed by atoms with van der Waals surface area (Å²) in [7, 11) is 0. The summed E-state index contributed by atoms with van der Waals surface area (Å²) >= 11 is 15.0. The fourth-order valence-electron chi connectivity index (χ4n) is 3.04. The number of anilines is 1. The van der Waals surface area contributed by atoms with Gasteiger partial charge in [-0.3, -0.25) is 4.79 Å². The van der Waals surface area contributed by atoms with Crippen molar-refractivity contribution in [3.8, 4) is 11.1 Å². The number of nitrogens with one attached hydrogen (secondary N) is 1. The first-order chi connectivity index (χ1) is 15.0. The highest BCUT2D eigenvalue weighted by atomic mass is 35.5. The lowest BCUT2D eigenvalue weighted by molar-refractivity contribution is -0.115. The zero-order valence-corrected chi connectivity index (χ0v) is 19.4. The number of thioether (sulfide) groups is 1. The second kappa shape index (κ2) is 9.53. The van der Waals surface area contributed by atoms with Gasteiger partial charge in [-0.1, -0.05) is 54.0 Å². The molecule has 1 amide bonds. The van der Waals surface area contributed by atoms with Crippen LogP contribution in [0.2, 0.25) is 10.0 Å². The molecule has 4 aromatic rings. The van der Waals surface area contributed by atoms with E-state index in [9.17, 15) is 9.18 Å². The Balaban J connectivity index is 1.64. The minimum absolute atomic E-state index is 0.179. The number of nitrogens with zero attached hydrogens (tertiary/aromatic N) is 2. The summed E-state index contributed by atoms with van der Waals surface area (Å²) in [6, 6.07) is 11.2. The van der Waals surface area contributed by atoms with Gasteiger partial charge in [0.15, 0.2) is 0 Å². The zero-order valence-electron chi connectivity index (χ0n) is 16.2. The average Bonchev–Trinajstić information content (AvgIpc) is 3.19. The number of thiophene rings is 1. The SMILES string of the molecule is CCC(Sc1ncnc2scc(-c3ccc(F)cc3)c12)C(=O)Nc1ccc(Cl)cc1Cl. The standard InChI is InChI=1S/C22H16Cl2FN3OS2/c1-2-18(20(29)28-17-8-5-13(23)9-16(17)24)31-22-19-15(10-30-21(19)26-11-27-22)12-3-6-14(25)7-4-12/h3-11,18H,2H2,1H3,(H,28,29). The van der Waals surface area contributed by atoms with Crippen molar-refractivity contribution < 1.29 is 9.18 Å². The van der Waals surface area contributed by atoms with Crippen LogP contribution in [0.1, 0.15) is 13.3 Å². The van der Waals surface area contributed by atoms with Crippen molar-refractivity contribution in [1.29, 1.82) is 0 Å². The van der Waals surface area contributed by atoms with E-state index in [0.29, 0.717) is 27.2 Å². The molecule has 0 aliphatic rings. The maximum Gasteiger partial charge on any atom is 0.237 e. The number of halogens is 3. The summed E-state index contributed by atoms with van der Waals surface area (Å²) in [6.07, 6.45) is 2.08. The van der Waals surface area contributed by atoms with E-state index in [4.69, 9.17) is 23.2 Å². The number of fused-ring (bicyclic) bond motifs is 1. The number of hydrogen-bond acceptors (Lipinski definition) is 5. The maximum absolute atomic E-state index is 13.4. The van der Waals surface area contributed by atoms with Crippen molar-refractivity contribution in [2.75, 3.05) is 5.32 Å². The summed E-state index contributed by atoms with van der Waals surface area (Å²) < 4.78 is 13.4. The van der Waals surface area contributed by atoms with Crippen LogP contribution >= 0.6 is 46.3 Å². The van der Waals surface area contributed by atoms with Crippen molar-refractivity contribution in [2.45, 2.75) is 23.6 Å². The molecular weight excluding hydrogens is 476 g/mol. The fourth-order valence-corrected chi connectivity index (χ4v) is 5.51. The van der Waals surface area contributed by atoms with Gasteiger partial charge in [0.05, 0.1) is 21.3 Å². The summed E-state index contributed by atoms with van der Waals surface area (Å²) in [5, 5.41) is 6.89. The van der Waals surface area contributed by atoms with E-state index in [1.54, 1.807) is 30.3 Å². The van der Waals surface area contributed by atoms with Crippen LogP contribution in [0.15, 0.2) is 59.2 Å². The van der Waals surface area contributed by atoms with Gasteiger partial charge in [-0.05, 0) is 42.3 Å². The number of rotatable bonds is 6. The maximum atomic E-state index is 13.4. The molecular formula is C22H16Cl2FN3OS2. The predicted molar refractivity (Wildman–Crippen MR) is 128 cm³/mol. The first-order valence-electron chi connectivity index (χ1n) is 9.37. The molecule has 1 unspecified atom stereocenters. The lowest BCUT2D eigenvalue weighted by Crippen LogP contribution is -2.24. The van der Waals surface area contributed by atoms with E-state index in [1.807, 2.05) is 12.3 Å². The molecule has 2 aromatic carbocycles. The zero-order chi connectivity index (χ0) is 22.0. The van der Waals surface area contributed by atoms with Gasteiger partial charge in [0.1, 0.15) is 22.0 Å². The highest BCUT2D eigenvalue weighted by Gasteiger charge is 2.23. The quantitative estimate of drug-likeness (QED) is 0.226. The molecule has 1 N–H and O–H groups in total. The fraction of sp³-hybridized carbons (Fsp3) is 0.136. The van der Waals surface area contributed by atoms with Crippen LogP contribution in [0.25, 0.3) is 21.3 Å². The Labute approximate surface area is 196 Å². The molecule has 0 spiro atoms. The van der Waals surface area contributed by atoms with Crippen molar-refractivity contribution in [1.82, 2.24) is 9.97 Å². The van der Waals surface area contributed by atoms with Crippen LogP contribution in [0.4, 0.5) is 10.1 Å². The van der Waals surface area contributed by atoms with Crippen molar-refractivity contribution >= 4 is 68.1 Å². The van der Waals surface area contributed by atoms with Crippen LogP contribution in [-0.2, 0) is 4.79 Å². The third-order valence-electron chi connectivity index (χ3n) is 4.60. The summed E-state index contributed by atoms with van der Waals surface area (Å²) in [5.74, 6) is -0.472. The molecule has 1 atom stereocenters. The van der Waals surface area contributed by atoms with Gasteiger partial charge in [-0.25, -0.2) is 14.4 Å². The van der Waals surface area contributed by atoms with E-state index >= 15 is 0 Å². The molecule has 0 radical (unpaired) electrons. The molecule has 0 aliphatic heterocycles. The summed E-state index contributed by atoms with van der Waals surface area (Å²) in [6.45, 7) is 1.94. The molecule has 0 bridgehead atoms. The first kappa shape index (κ1) is 22.0. The third-order valence-corrected chi connectivity index (χ3v) is 7.40. The van der Waals surface area contributed by atoms with E-state index in [0.717, 1.165) is 21.3 Å². The van der Waals surface area contributed by atoms with E-state index in [1.165, 1.54) is 41.6 Å². The molecule has 9 heteroatoms. The Bertz CT molecular complexity index is 1250. The number of aromatic nitrogens is 2. The van der Waals surface area contributed by atoms with Gasteiger partial charge in [0, 0.05) is 16.0 Å². The Morgan fingerprint density at radius 1 is 1.19 bits per heavy atom. The second-order valence-electron chi connectivity index (χ2n) is 6.64. The van der Waals surface area contributed by atoms with Crippen LogP contribution < -0.4 is 5.32 Å². The minimum Gasteiger partial charge on any atom is -0.324 e. The number of amides is 1. The van der Waals surface area contributed by atoms with Crippen LogP contribution in [0.3, 0.4) is 0 Å². The largest absolute Gasteiger partial charge is 0.324 e. The molecule has 0 saturated carbocycles. The minimum atomic E-state index is -0.397. The Kier molecular flexibility index (Phi) is 6.77. The van der Waals surface area contributed by atoms with Crippen molar-refractivity contribution in [3.05, 3.63) is 70.0 Å². The Morgan fingerprint density at radius 2 is 1.97 bits per heavy atom. The van der Waals surface area contributed by atoms with Gasteiger partial charge in [-0.2, -0.15) is 0 Å². The Morgan fingerprint density at radius 3 is 2.68 bits per heavy atom. The third kappa shape index (κ3) is 4.85. The lowest BCUT2D eigenvalue weighted by atomic mass is 10.1. The van der Waals surface area contributed by atoms with Crippen LogP contribution in [0, 0.1) is 5.82 Å². The highest BCUT2D eigenvalue weighted by Crippen LogP contribution is 2.39. The van der Waals surface area contributed by atoms with Gasteiger partial charge < -0.3 is 5.32 Å².